The van der Waals surface area contributed by atoms with Gasteiger partial charge in [-0.2, -0.15) is 0 Å². The SMILES string of the molecule is CCOc1ccc(C2CC(=O)C3=C(C2)NC(=O)CC3c2ccc(Cl)c(Cl)c2)cc1. The number of benzene rings is 2. The van der Waals surface area contributed by atoms with E-state index in [2.05, 4.69) is 5.32 Å². The molecule has 0 aromatic heterocycles. The Bertz CT molecular complexity index is 998. The summed E-state index contributed by atoms with van der Waals surface area (Å²) >= 11 is 12.2. The Morgan fingerprint density at radius 2 is 1.69 bits per heavy atom. The second-order valence-electron chi connectivity index (χ2n) is 7.40. The van der Waals surface area contributed by atoms with E-state index in [0.29, 0.717) is 35.1 Å². The van der Waals surface area contributed by atoms with Gasteiger partial charge in [0.05, 0.1) is 16.7 Å². The van der Waals surface area contributed by atoms with E-state index >= 15 is 0 Å². The molecule has 1 heterocycles. The summed E-state index contributed by atoms with van der Waals surface area (Å²) in [5.74, 6) is 0.539. The number of halogens is 2. The molecule has 0 saturated heterocycles. The van der Waals surface area contributed by atoms with Crippen molar-refractivity contribution in [1.82, 2.24) is 5.32 Å². The molecule has 1 N–H and O–H groups in total. The van der Waals surface area contributed by atoms with Crippen molar-refractivity contribution in [1.29, 1.82) is 0 Å². The van der Waals surface area contributed by atoms with E-state index in [4.69, 9.17) is 27.9 Å². The highest BCUT2D eigenvalue weighted by Gasteiger charge is 2.38. The Hall–Kier alpha value is -2.30. The van der Waals surface area contributed by atoms with Crippen LogP contribution in [0.1, 0.15) is 49.1 Å². The molecular formula is C23H21Cl2NO3. The quantitative estimate of drug-likeness (QED) is 0.707. The smallest absolute Gasteiger partial charge is 0.225 e. The number of nitrogens with one attached hydrogen (secondary N) is 1. The summed E-state index contributed by atoms with van der Waals surface area (Å²) in [6.07, 6.45) is 1.27. The van der Waals surface area contributed by atoms with E-state index in [0.717, 1.165) is 22.6 Å². The van der Waals surface area contributed by atoms with Gasteiger partial charge in [0.2, 0.25) is 5.91 Å². The zero-order valence-electron chi connectivity index (χ0n) is 16.0. The van der Waals surface area contributed by atoms with Crippen LogP contribution in [0.3, 0.4) is 0 Å². The van der Waals surface area contributed by atoms with Crippen molar-refractivity contribution in [2.75, 3.05) is 6.61 Å². The molecule has 2 atom stereocenters. The highest BCUT2D eigenvalue weighted by Crippen LogP contribution is 2.43. The number of carbonyl (C=O) groups is 2. The Kier molecular flexibility index (Phi) is 5.66. The number of ketones is 1. The Balaban J connectivity index is 1.65. The van der Waals surface area contributed by atoms with Gasteiger partial charge in [0, 0.05) is 30.0 Å². The van der Waals surface area contributed by atoms with Gasteiger partial charge < -0.3 is 10.1 Å². The van der Waals surface area contributed by atoms with Gasteiger partial charge >= 0.3 is 0 Å². The van der Waals surface area contributed by atoms with Crippen LogP contribution in [0.25, 0.3) is 0 Å². The molecule has 1 aliphatic heterocycles. The number of rotatable bonds is 4. The largest absolute Gasteiger partial charge is 0.494 e. The molecule has 6 heteroatoms. The fourth-order valence-corrected chi connectivity index (χ4v) is 4.52. The molecule has 0 radical (unpaired) electrons. The third kappa shape index (κ3) is 4.05. The number of ether oxygens (including phenoxy) is 1. The predicted molar refractivity (Wildman–Crippen MR) is 114 cm³/mol. The van der Waals surface area contributed by atoms with E-state index in [-0.39, 0.29) is 29.9 Å². The summed E-state index contributed by atoms with van der Waals surface area (Å²) in [6, 6.07) is 13.1. The number of amides is 1. The molecule has 0 spiro atoms. The Labute approximate surface area is 179 Å². The van der Waals surface area contributed by atoms with Gasteiger partial charge in [-0.15, -0.1) is 0 Å². The summed E-state index contributed by atoms with van der Waals surface area (Å²) in [7, 11) is 0. The van der Waals surface area contributed by atoms with E-state index in [1.807, 2.05) is 37.3 Å². The molecule has 2 aromatic carbocycles. The lowest BCUT2D eigenvalue weighted by atomic mass is 9.73. The minimum atomic E-state index is -0.290. The van der Waals surface area contributed by atoms with Crippen LogP contribution in [-0.2, 0) is 9.59 Å². The van der Waals surface area contributed by atoms with Gasteiger partial charge in [0.1, 0.15) is 5.75 Å². The summed E-state index contributed by atoms with van der Waals surface area (Å²) < 4.78 is 5.50. The molecule has 4 rings (SSSR count). The van der Waals surface area contributed by atoms with Crippen molar-refractivity contribution in [2.24, 2.45) is 0 Å². The molecule has 29 heavy (non-hydrogen) atoms. The first-order valence-electron chi connectivity index (χ1n) is 9.70. The van der Waals surface area contributed by atoms with E-state index in [1.165, 1.54) is 0 Å². The van der Waals surface area contributed by atoms with E-state index in [9.17, 15) is 9.59 Å². The molecule has 2 aromatic rings. The van der Waals surface area contributed by atoms with Crippen LogP contribution in [0, 0.1) is 0 Å². The molecule has 1 amide bonds. The Morgan fingerprint density at radius 3 is 2.38 bits per heavy atom. The summed E-state index contributed by atoms with van der Waals surface area (Å²) in [6.45, 7) is 2.55. The first-order chi connectivity index (χ1) is 14.0. The van der Waals surface area contributed by atoms with E-state index < -0.39 is 0 Å². The molecule has 0 fully saturated rings. The highest BCUT2D eigenvalue weighted by molar-refractivity contribution is 6.42. The van der Waals surface area contributed by atoms with Gasteiger partial charge in [-0.3, -0.25) is 9.59 Å². The van der Waals surface area contributed by atoms with Crippen LogP contribution in [-0.4, -0.2) is 18.3 Å². The van der Waals surface area contributed by atoms with Crippen molar-refractivity contribution < 1.29 is 14.3 Å². The monoisotopic (exact) mass is 429 g/mol. The summed E-state index contributed by atoms with van der Waals surface area (Å²) in [5.41, 5.74) is 3.34. The first kappa shape index (κ1) is 20.0. The topological polar surface area (TPSA) is 55.4 Å². The van der Waals surface area contributed by atoms with Gasteiger partial charge in [-0.25, -0.2) is 0 Å². The average Bonchev–Trinajstić information content (AvgIpc) is 2.70. The molecule has 2 aliphatic rings. The minimum absolute atomic E-state index is 0.0322. The molecular weight excluding hydrogens is 409 g/mol. The van der Waals surface area contributed by atoms with Gasteiger partial charge in [-0.05, 0) is 54.7 Å². The van der Waals surface area contributed by atoms with Crippen molar-refractivity contribution in [3.8, 4) is 5.75 Å². The predicted octanol–water partition coefficient (Wildman–Crippen LogP) is 5.40. The maximum atomic E-state index is 13.1. The third-order valence-electron chi connectivity index (χ3n) is 5.54. The minimum Gasteiger partial charge on any atom is -0.494 e. The van der Waals surface area contributed by atoms with Crippen LogP contribution < -0.4 is 10.1 Å². The van der Waals surface area contributed by atoms with Crippen LogP contribution in [0.4, 0.5) is 0 Å². The van der Waals surface area contributed by atoms with Crippen molar-refractivity contribution in [3.05, 3.63) is 74.9 Å². The molecule has 4 nitrogen and oxygen atoms in total. The maximum absolute atomic E-state index is 13.1. The zero-order valence-corrected chi connectivity index (χ0v) is 17.5. The fourth-order valence-electron chi connectivity index (χ4n) is 4.21. The van der Waals surface area contributed by atoms with Crippen molar-refractivity contribution in [2.45, 2.75) is 38.0 Å². The van der Waals surface area contributed by atoms with Gasteiger partial charge in [-0.1, -0.05) is 41.4 Å². The molecule has 1 aliphatic carbocycles. The lowest BCUT2D eigenvalue weighted by molar-refractivity contribution is -0.122. The number of allylic oxidation sites excluding steroid dienone is 2. The normalized spacial score (nSPS) is 21.6. The summed E-state index contributed by atoms with van der Waals surface area (Å²) in [4.78, 5) is 25.5. The van der Waals surface area contributed by atoms with Gasteiger partial charge in [0.25, 0.3) is 0 Å². The lowest BCUT2D eigenvalue weighted by Crippen LogP contribution is -2.38. The molecule has 150 valence electrons. The maximum Gasteiger partial charge on any atom is 0.225 e. The van der Waals surface area contributed by atoms with Crippen LogP contribution in [0.5, 0.6) is 5.75 Å². The zero-order chi connectivity index (χ0) is 20.5. The van der Waals surface area contributed by atoms with Gasteiger partial charge in [0.15, 0.2) is 5.78 Å². The molecule has 0 saturated carbocycles. The third-order valence-corrected chi connectivity index (χ3v) is 6.28. The number of Topliss-reactive ketones (excluding diaryl/α,β-unsaturated/α-hetero) is 1. The lowest BCUT2D eigenvalue weighted by Gasteiger charge is -2.34. The van der Waals surface area contributed by atoms with Crippen molar-refractivity contribution >= 4 is 34.9 Å². The Morgan fingerprint density at radius 1 is 0.966 bits per heavy atom. The van der Waals surface area contributed by atoms with Crippen molar-refractivity contribution in [3.63, 3.8) is 0 Å². The highest BCUT2D eigenvalue weighted by atomic mass is 35.5. The van der Waals surface area contributed by atoms with Crippen LogP contribution >= 0.6 is 23.2 Å². The second kappa shape index (κ2) is 8.21. The fraction of sp³-hybridized carbons (Fsp3) is 0.304. The molecule has 0 bridgehead atoms. The standard InChI is InChI=1S/C23H21Cl2NO3/c1-2-29-16-6-3-13(4-7-16)15-10-20-23(21(27)11-15)17(12-22(28)26-20)14-5-8-18(24)19(25)9-14/h3-9,15,17H,2,10-12H2,1H3,(H,26,28). The second-order valence-corrected chi connectivity index (χ2v) is 8.22. The van der Waals surface area contributed by atoms with E-state index in [1.54, 1.807) is 12.1 Å². The summed E-state index contributed by atoms with van der Waals surface area (Å²) in [5, 5.41) is 3.82. The first-order valence-corrected chi connectivity index (χ1v) is 10.5. The number of hydrogen-bond donors (Lipinski definition) is 1. The number of carbonyl (C=O) groups excluding carboxylic acids is 2. The molecule has 2 unspecified atom stereocenters. The average molecular weight is 430 g/mol. The van der Waals surface area contributed by atoms with Crippen LogP contribution in [0.15, 0.2) is 53.7 Å². The van der Waals surface area contributed by atoms with Crippen LogP contribution in [0.2, 0.25) is 10.0 Å². The number of hydrogen-bond acceptors (Lipinski definition) is 3.